The van der Waals surface area contributed by atoms with Gasteiger partial charge < -0.3 is 10.7 Å². The van der Waals surface area contributed by atoms with Crippen LogP contribution in [0.4, 0.5) is 0 Å². The van der Waals surface area contributed by atoms with E-state index in [0.29, 0.717) is 0 Å². The monoisotopic (exact) mass is 189 g/mol. The van der Waals surface area contributed by atoms with Crippen LogP contribution in [-0.2, 0) is 6.42 Å². The Morgan fingerprint density at radius 2 is 2.36 bits per heavy atom. The Bertz CT molecular complexity index is 552. The number of imidazole rings is 1. The van der Waals surface area contributed by atoms with Gasteiger partial charge in [-0.2, -0.15) is 0 Å². The molecule has 1 aromatic carbocycles. The van der Waals surface area contributed by atoms with Gasteiger partial charge in [0.1, 0.15) is 0 Å². The molecule has 0 fully saturated rings. The van der Waals surface area contributed by atoms with Gasteiger partial charge in [-0.1, -0.05) is 12.1 Å². The average molecular weight is 189 g/mol. The van der Waals surface area contributed by atoms with Gasteiger partial charge in [-0.15, -0.1) is 0 Å². The average Bonchev–Trinajstić information content (AvgIpc) is 2.51. The van der Waals surface area contributed by atoms with Crippen molar-refractivity contribution < 1.29 is 0 Å². The fraction of sp³-hybridized carbons (Fsp3) is 0.300. The highest BCUT2D eigenvalue weighted by Gasteiger charge is 2.20. The largest absolute Gasteiger partial charge is 0.327 e. The third-order valence-corrected chi connectivity index (χ3v) is 2.86. The zero-order valence-electron chi connectivity index (χ0n) is 7.66. The zero-order valence-corrected chi connectivity index (χ0v) is 7.66. The van der Waals surface area contributed by atoms with Crippen molar-refractivity contribution in [2.45, 2.75) is 19.0 Å². The summed E-state index contributed by atoms with van der Waals surface area (Å²) < 4.78 is 1.66. The molecule has 0 aliphatic carbocycles. The molecule has 1 aliphatic heterocycles. The van der Waals surface area contributed by atoms with Gasteiger partial charge in [0.05, 0.1) is 17.2 Å². The quantitative estimate of drug-likeness (QED) is 0.641. The van der Waals surface area contributed by atoms with E-state index in [0.717, 1.165) is 23.9 Å². The van der Waals surface area contributed by atoms with Gasteiger partial charge in [0.15, 0.2) is 0 Å². The lowest BCUT2D eigenvalue weighted by molar-refractivity contribution is 0.467. The second kappa shape index (κ2) is 2.48. The Morgan fingerprint density at radius 1 is 1.50 bits per heavy atom. The number of para-hydroxylation sites is 1. The minimum atomic E-state index is -0.175. The summed E-state index contributed by atoms with van der Waals surface area (Å²) in [6.45, 7) is 0. The molecule has 4 heteroatoms. The zero-order chi connectivity index (χ0) is 9.71. The molecule has 0 saturated heterocycles. The summed E-state index contributed by atoms with van der Waals surface area (Å²) in [5.74, 6) is 0. The summed E-state index contributed by atoms with van der Waals surface area (Å²) in [6, 6.07) is 5.93. The normalized spacial score (nSPS) is 20.2. The maximum atomic E-state index is 11.6. The van der Waals surface area contributed by atoms with Crippen molar-refractivity contribution in [1.29, 1.82) is 0 Å². The van der Waals surface area contributed by atoms with E-state index in [9.17, 15) is 4.79 Å². The standard InChI is InChI=1S/C10H11N3O/c11-8-5-4-6-2-1-3-7-9(6)13(8)10(14)12-7/h1-3,8H,4-5,11H2,(H,12,14). The third-order valence-electron chi connectivity index (χ3n) is 2.86. The first kappa shape index (κ1) is 7.82. The first-order chi connectivity index (χ1) is 6.77. The van der Waals surface area contributed by atoms with Crippen molar-refractivity contribution in [3.8, 4) is 0 Å². The molecule has 0 saturated carbocycles. The summed E-state index contributed by atoms with van der Waals surface area (Å²) in [5.41, 5.74) is 8.88. The Morgan fingerprint density at radius 3 is 3.21 bits per heavy atom. The number of aromatic amines is 1. The van der Waals surface area contributed by atoms with E-state index >= 15 is 0 Å². The lowest BCUT2D eigenvalue weighted by atomic mass is 10.0. The number of aryl methyl sites for hydroxylation is 1. The fourth-order valence-electron chi connectivity index (χ4n) is 2.20. The highest BCUT2D eigenvalue weighted by atomic mass is 16.1. The van der Waals surface area contributed by atoms with Crippen LogP contribution in [0.15, 0.2) is 23.0 Å². The summed E-state index contributed by atoms with van der Waals surface area (Å²) in [6.07, 6.45) is 1.62. The van der Waals surface area contributed by atoms with Crippen LogP contribution < -0.4 is 11.4 Å². The van der Waals surface area contributed by atoms with E-state index < -0.39 is 0 Å². The van der Waals surface area contributed by atoms with Gasteiger partial charge in [-0.25, -0.2) is 4.79 Å². The van der Waals surface area contributed by atoms with Gasteiger partial charge in [-0.3, -0.25) is 4.57 Å². The highest BCUT2D eigenvalue weighted by Crippen LogP contribution is 2.25. The van der Waals surface area contributed by atoms with Crippen LogP contribution in [0.3, 0.4) is 0 Å². The summed E-state index contributed by atoms with van der Waals surface area (Å²) in [4.78, 5) is 14.4. The van der Waals surface area contributed by atoms with E-state index in [1.165, 1.54) is 5.56 Å². The van der Waals surface area contributed by atoms with Crippen LogP contribution in [0.25, 0.3) is 11.0 Å². The maximum absolute atomic E-state index is 11.6. The molecule has 72 valence electrons. The van der Waals surface area contributed by atoms with Crippen molar-refractivity contribution in [3.63, 3.8) is 0 Å². The van der Waals surface area contributed by atoms with Gasteiger partial charge >= 0.3 is 5.69 Å². The number of hydrogen-bond acceptors (Lipinski definition) is 2. The predicted octanol–water partition coefficient (Wildman–Crippen LogP) is 0.733. The number of H-pyrrole nitrogens is 1. The number of hydrogen-bond donors (Lipinski definition) is 2. The minimum Gasteiger partial charge on any atom is -0.311 e. The molecule has 3 rings (SSSR count). The molecule has 1 unspecified atom stereocenters. The molecule has 2 heterocycles. The van der Waals surface area contributed by atoms with Gasteiger partial charge in [0.2, 0.25) is 0 Å². The van der Waals surface area contributed by atoms with Crippen LogP contribution in [0.1, 0.15) is 18.2 Å². The van der Waals surface area contributed by atoms with Gasteiger partial charge in [0.25, 0.3) is 0 Å². The van der Waals surface area contributed by atoms with E-state index in [2.05, 4.69) is 11.1 Å². The molecular formula is C10H11N3O. The van der Waals surface area contributed by atoms with Crippen LogP contribution in [0, 0.1) is 0 Å². The van der Waals surface area contributed by atoms with Gasteiger partial charge in [-0.05, 0) is 24.5 Å². The number of nitrogens with zero attached hydrogens (tertiary/aromatic N) is 1. The SMILES string of the molecule is NC1CCc2cccc3[nH]c(=O)n1c23. The van der Waals surface area contributed by atoms with Crippen LogP contribution in [-0.4, -0.2) is 9.55 Å². The Hall–Kier alpha value is -1.55. The van der Waals surface area contributed by atoms with E-state index in [1.54, 1.807) is 4.57 Å². The lowest BCUT2D eigenvalue weighted by Gasteiger charge is -2.20. The van der Waals surface area contributed by atoms with Crippen LogP contribution >= 0.6 is 0 Å². The van der Waals surface area contributed by atoms with E-state index in [1.807, 2.05) is 12.1 Å². The van der Waals surface area contributed by atoms with Crippen molar-refractivity contribution in [2.75, 3.05) is 0 Å². The van der Waals surface area contributed by atoms with E-state index in [-0.39, 0.29) is 11.9 Å². The second-order valence-electron chi connectivity index (χ2n) is 3.72. The van der Waals surface area contributed by atoms with E-state index in [4.69, 9.17) is 5.73 Å². The molecule has 0 radical (unpaired) electrons. The molecule has 14 heavy (non-hydrogen) atoms. The molecule has 4 nitrogen and oxygen atoms in total. The molecule has 2 aromatic rings. The maximum Gasteiger partial charge on any atom is 0.327 e. The Kier molecular flexibility index (Phi) is 1.39. The molecule has 1 aromatic heterocycles. The molecule has 0 amide bonds. The minimum absolute atomic E-state index is 0.0975. The summed E-state index contributed by atoms with van der Waals surface area (Å²) >= 11 is 0. The Balaban J connectivity index is 2.54. The molecular weight excluding hydrogens is 178 g/mol. The van der Waals surface area contributed by atoms with Crippen molar-refractivity contribution in [3.05, 3.63) is 34.2 Å². The molecule has 0 bridgehead atoms. The Labute approximate surface area is 80.3 Å². The second-order valence-corrected chi connectivity index (χ2v) is 3.72. The fourth-order valence-corrected chi connectivity index (χ4v) is 2.20. The summed E-state index contributed by atoms with van der Waals surface area (Å²) in [5, 5.41) is 0. The van der Waals surface area contributed by atoms with Crippen LogP contribution in [0.5, 0.6) is 0 Å². The third kappa shape index (κ3) is 0.834. The van der Waals surface area contributed by atoms with Crippen molar-refractivity contribution >= 4 is 11.0 Å². The smallest absolute Gasteiger partial charge is 0.311 e. The number of aromatic nitrogens is 2. The van der Waals surface area contributed by atoms with Gasteiger partial charge in [0, 0.05) is 0 Å². The molecule has 1 atom stereocenters. The topological polar surface area (TPSA) is 63.8 Å². The van der Waals surface area contributed by atoms with Crippen molar-refractivity contribution in [2.24, 2.45) is 5.73 Å². The number of benzene rings is 1. The lowest BCUT2D eigenvalue weighted by Crippen LogP contribution is -2.31. The molecule has 3 N–H and O–H groups in total. The highest BCUT2D eigenvalue weighted by molar-refractivity contribution is 5.79. The summed E-state index contributed by atoms with van der Waals surface area (Å²) in [7, 11) is 0. The van der Waals surface area contributed by atoms with Crippen molar-refractivity contribution in [1.82, 2.24) is 9.55 Å². The first-order valence-electron chi connectivity index (χ1n) is 4.75. The number of rotatable bonds is 0. The first-order valence-corrected chi connectivity index (χ1v) is 4.75. The van der Waals surface area contributed by atoms with Crippen LogP contribution in [0.2, 0.25) is 0 Å². The number of nitrogens with two attached hydrogens (primary N) is 1. The predicted molar refractivity (Wildman–Crippen MR) is 54.1 cm³/mol. The molecule has 0 spiro atoms. The molecule has 1 aliphatic rings. The number of nitrogens with one attached hydrogen (secondary N) is 1.